The molecule has 0 saturated carbocycles. The Morgan fingerprint density at radius 1 is 1.00 bits per heavy atom. The Bertz CT molecular complexity index is 1400. The molecule has 1 aliphatic heterocycles. The molecule has 0 radical (unpaired) electrons. The number of nitrogens with zero attached hydrogens (tertiary/aromatic N) is 3. The van der Waals surface area contributed by atoms with E-state index in [0.717, 1.165) is 4.90 Å². The number of hydrogen-bond donors (Lipinski definition) is 0. The van der Waals surface area contributed by atoms with Crippen LogP contribution in [-0.2, 0) is 24.5 Å². The first-order valence-corrected chi connectivity index (χ1v) is 10.4. The van der Waals surface area contributed by atoms with Gasteiger partial charge in [0.25, 0.3) is 17.7 Å². The molecule has 176 valence electrons. The molecule has 2 amide bonds. The number of esters is 1. The van der Waals surface area contributed by atoms with Crippen LogP contribution < -0.4 is 4.74 Å². The van der Waals surface area contributed by atoms with Crippen LogP contribution in [0.15, 0.2) is 69.8 Å². The highest BCUT2D eigenvalue weighted by atomic mass is 19.1. The van der Waals surface area contributed by atoms with Gasteiger partial charge in [-0.05, 0) is 54.6 Å². The number of halogens is 1. The summed E-state index contributed by atoms with van der Waals surface area (Å²) in [5.74, 6) is -0.989. The van der Waals surface area contributed by atoms with Gasteiger partial charge in [-0.2, -0.15) is 4.98 Å². The van der Waals surface area contributed by atoms with Gasteiger partial charge >= 0.3 is 5.97 Å². The van der Waals surface area contributed by atoms with Crippen molar-refractivity contribution in [3.63, 3.8) is 0 Å². The molecule has 10 nitrogen and oxygen atoms in total. The van der Waals surface area contributed by atoms with Crippen LogP contribution in [0.2, 0.25) is 0 Å². The van der Waals surface area contributed by atoms with E-state index < -0.39 is 17.8 Å². The minimum Gasteiger partial charge on any atom is -0.485 e. The van der Waals surface area contributed by atoms with Crippen LogP contribution in [-0.4, -0.2) is 32.8 Å². The van der Waals surface area contributed by atoms with Crippen molar-refractivity contribution in [1.82, 2.24) is 15.0 Å². The number of hydrogen-bond acceptors (Lipinski definition) is 9. The Kier molecular flexibility index (Phi) is 5.80. The first-order valence-electron chi connectivity index (χ1n) is 10.4. The maximum atomic E-state index is 12.9. The second kappa shape index (κ2) is 9.21. The fourth-order valence-corrected chi connectivity index (χ4v) is 3.42. The Morgan fingerprint density at radius 2 is 1.80 bits per heavy atom. The van der Waals surface area contributed by atoms with Crippen LogP contribution in [0.25, 0.3) is 0 Å². The number of carbonyl (C=O) groups is 3. The fourth-order valence-electron chi connectivity index (χ4n) is 3.42. The van der Waals surface area contributed by atoms with Crippen LogP contribution in [0, 0.1) is 5.82 Å². The Morgan fingerprint density at radius 3 is 2.57 bits per heavy atom. The summed E-state index contributed by atoms with van der Waals surface area (Å²) in [5, 5.41) is 3.73. The predicted octanol–water partition coefficient (Wildman–Crippen LogP) is 3.53. The number of rotatable bonds is 8. The normalized spacial score (nSPS) is 12.7. The van der Waals surface area contributed by atoms with Gasteiger partial charge < -0.3 is 18.4 Å². The highest BCUT2D eigenvalue weighted by Gasteiger charge is 2.36. The van der Waals surface area contributed by atoms with Gasteiger partial charge in [0.1, 0.15) is 17.3 Å². The third kappa shape index (κ3) is 4.64. The summed E-state index contributed by atoms with van der Waals surface area (Å²) in [6, 6.07) is 12.9. The molecule has 4 aromatic rings. The molecule has 2 aromatic heterocycles. The topological polar surface area (TPSA) is 125 Å². The predicted molar refractivity (Wildman–Crippen MR) is 114 cm³/mol. The van der Waals surface area contributed by atoms with Crippen LogP contribution in [0.4, 0.5) is 4.39 Å². The molecule has 0 N–H and O–H groups in total. The minimum absolute atomic E-state index is 0.0104. The van der Waals surface area contributed by atoms with E-state index in [2.05, 4.69) is 10.1 Å². The Hall–Kier alpha value is -4.80. The molecule has 3 heterocycles. The van der Waals surface area contributed by atoms with Crippen molar-refractivity contribution in [2.45, 2.75) is 19.8 Å². The van der Waals surface area contributed by atoms with Gasteiger partial charge in [0.2, 0.25) is 5.82 Å². The number of amides is 2. The van der Waals surface area contributed by atoms with Gasteiger partial charge in [-0.15, -0.1) is 0 Å². The Balaban J connectivity index is 1.19. The number of fused-ring (bicyclic) bond motifs is 1. The number of ether oxygens (including phenoxy) is 2. The van der Waals surface area contributed by atoms with Crippen molar-refractivity contribution in [1.29, 1.82) is 0 Å². The zero-order chi connectivity index (χ0) is 24.4. The van der Waals surface area contributed by atoms with Crippen molar-refractivity contribution in [3.05, 3.63) is 101 Å². The number of aromatic nitrogens is 2. The molecule has 2 aromatic carbocycles. The monoisotopic (exact) mass is 477 g/mol. The number of imide groups is 1. The summed E-state index contributed by atoms with van der Waals surface area (Å²) in [4.78, 5) is 42.9. The van der Waals surface area contributed by atoms with E-state index in [-0.39, 0.29) is 54.0 Å². The van der Waals surface area contributed by atoms with Crippen molar-refractivity contribution in [3.8, 4) is 5.75 Å². The minimum atomic E-state index is -0.736. The summed E-state index contributed by atoms with van der Waals surface area (Å²) >= 11 is 0. The van der Waals surface area contributed by atoms with Crippen LogP contribution in [0.3, 0.4) is 0 Å². The van der Waals surface area contributed by atoms with Crippen LogP contribution in [0.5, 0.6) is 5.75 Å². The third-order valence-electron chi connectivity index (χ3n) is 5.12. The summed E-state index contributed by atoms with van der Waals surface area (Å²) < 4.78 is 33.8. The molecule has 1 aliphatic rings. The van der Waals surface area contributed by atoms with Gasteiger partial charge in [0.05, 0.1) is 29.5 Å². The standard InChI is InChI=1S/C24H16FN3O7/c25-15-4-6-16(7-5-15)33-12-20-26-21(35-27-20)13-34-24(31)14-3-8-18-19(10-14)23(30)28(22(18)29)11-17-2-1-9-32-17/h1-10H,11-13H2. The largest absolute Gasteiger partial charge is 0.485 e. The average molecular weight is 477 g/mol. The lowest BCUT2D eigenvalue weighted by Gasteiger charge is -2.11. The van der Waals surface area contributed by atoms with Crippen molar-refractivity contribution in [2.75, 3.05) is 0 Å². The van der Waals surface area contributed by atoms with E-state index >= 15 is 0 Å². The molecule has 0 atom stereocenters. The van der Waals surface area contributed by atoms with E-state index in [9.17, 15) is 18.8 Å². The van der Waals surface area contributed by atoms with E-state index in [0.29, 0.717) is 11.5 Å². The van der Waals surface area contributed by atoms with E-state index in [1.807, 2.05) is 0 Å². The third-order valence-corrected chi connectivity index (χ3v) is 5.12. The fraction of sp³-hybridized carbons (Fsp3) is 0.125. The maximum Gasteiger partial charge on any atom is 0.338 e. The maximum absolute atomic E-state index is 12.9. The van der Waals surface area contributed by atoms with Gasteiger partial charge in [-0.3, -0.25) is 14.5 Å². The van der Waals surface area contributed by atoms with Crippen molar-refractivity contribution < 1.29 is 37.2 Å². The molecule has 11 heteroatoms. The first-order chi connectivity index (χ1) is 17.0. The van der Waals surface area contributed by atoms with E-state index in [1.54, 1.807) is 12.1 Å². The number of furan rings is 1. The zero-order valence-corrected chi connectivity index (χ0v) is 18.0. The highest BCUT2D eigenvalue weighted by molar-refractivity contribution is 6.21. The van der Waals surface area contributed by atoms with Gasteiger partial charge in [0.15, 0.2) is 13.2 Å². The van der Waals surface area contributed by atoms with Crippen molar-refractivity contribution >= 4 is 17.8 Å². The lowest BCUT2D eigenvalue weighted by atomic mass is 10.1. The second-order valence-corrected chi connectivity index (χ2v) is 7.46. The molecule has 0 bridgehead atoms. The summed E-state index contributed by atoms with van der Waals surface area (Å²) in [6.07, 6.45) is 1.45. The smallest absolute Gasteiger partial charge is 0.338 e. The molecule has 35 heavy (non-hydrogen) atoms. The Labute approximate surface area is 196 Å². The molecular weight excluding hydrogens is 461 g/mol. The van der Waals surface area contributed by atoms with Crippen LogP contribution >= 0.6 is 0 Å². The number of benzene rings is 2. The van der Waals surface area contributed by atoms with Crippen molar-refractivity contribution in [2.24, 2.45) is 0 Å². The van der Waals surface area contributed by atoms with E-state index in [4.69, 9.17) is 18.4 Å². The molecule has 0 spiro atoms. The molecule has 0 saturated heterocycles. The summed E-state index contributed by atoms with van der Waals surface area (Å²) in [6.45, 7) is -0.348. The molecule has 5 rings (SSSR count). The SMILES string of the molecule is O=C(OCc1nc(COc2ccc(F)cc2)no1)c1ccc2c(c1)C(=O)N(Cc1ccco1)C2=O. The molecule has 0 unspecified atom stereocenters. The second-order valence-electron chi connectivity index (χ2n) is 7.46. The first kappa shape index (κ1) is 22.0. The number of carbonyl (C=O) groups excluding carboxylic acids is 3. The van der Waals surface area contributed by atoms with Crippen LogP contribution in [0.1, 0.15) is 48.5 Å². The molecular formula is C24H16FN3O7. The quantitative estimate of drug-likeness (QED) is 0.277. The van der Waals surface area contributed by atoms with E-state index in [1.165, 1.54) is 48.7 Å². The molecule has 0 fully saturated rings. The van der Waals surface area contributed by atoms with Gasteiger partial charge in [0, 0.05) is 0 Å². The van der Waals surface area contributed by atoms with Gasteiger partial charge in [-0.1, -0.05) is 5.16 Å². The van der Waals surface area contributed by atoms with Gasteiger partial charge in [-0.25, -0.2) is 9.18 Å². The molecule has 0 aliphatic carbocycles. The lowest BCUT2D eigenvalue weighted by molar-refractivity contribution is 0.0429. The summed E-state index contributed by atoms with van der Waals surface area (Å²) in [5.41, 5.74) is 0.388. The lowest BCUT2D eigenvalue weighted by Crippen LogP contribution is -2.28. The average Bonchev–Trinajstić information content (AvgIpc) is 3.60. The zero-order valence-electron chi connectivity index (χ0n) is 18.0. The highest BCUT2D eigenvalue weighted by Crippen LogP contribution is 2.26. The summed E-state index contributed by atoms with van der Waals surface area (Å²) in [7, 11) is 0.